The van der Waals surface area contributed by atoms with E-state index in [9.17, 15) is 0 Å². The topological polar surface area (TPSA) is 80.7 Å². The molecular weight excluding hydrogens is 387 g/mol. The van der Waals surface area contributed by atoms with Crippen LogP contribution in [0.5, 0.6) is 0 Å². The van der Waals surface area contributed by atoms with Crippen molar-refractivity contribution in [2.75, 3.05) is 12.3 Å². The molecule has 4 nitrogen and oxygen atoms in total. The van der Waals surface area contributed by atoms with Crippen LogP contribution < -0.4 is 11.5 Å². The van der Waals surface area contributed by atoms with E-state index in [2.05, 4.69) is 37.7 Å². The standard InChI is InChI=1S/C22H51N2P.C3H4N2/c1-5-9-13-15-19-25(20-16-14-10-6-2,21(23)17-11-7-3)22(24)18-12-8-4;1-2-5-3-4-1/h21-22,25H,5-20,23-24H2,1-4H3;1-3H,(H,4,5). The fourth-order valence-corrected chi connectivity index (χ4v) is 10.2. The van der Waals surface area contributed by atoms with Gasteiger partial charge in [-0.25, -0.2) is 4.98 Å². The van der Waals surface area contributed by atoms with Crippen molar-refractivity contribution in [1.29, 1.82) is 0 Å². The predicted molar refractivity (Wildman–Crippen MR) is 140 cm³/mol. The van der Waals surface area contributed by atoms with Crippen LogP contribution in [0.15, 0.2) is 18.7 Å². The van der Waals surface area contributed by atoms with Crippen LogP contribution in [0.2, 0.25) is 0 Å². The fraction of sp³-hybridized carbons (Fsp3) is 0.880. The zero-order valence-corrected chi connectivity index (χ0v) is 21.8. The molecule has 0 bridgehead atoms. The number of hydrogen-bond acceptors (Lipinski definition) is 3. The van der Waals surface area contributed by atoms with Crippen LogP contribution in [0, 0.1) is 0 Å². The Labute approximate surface area is 189 Å². The molecular formula is C25H55N4P. The van der Waals surface area contributed by atoms with E-state index in [0.717, 1.165) is 0 Å². The van der Waals surface area contributed by atoms with Gasteiger partial charge < -0.3 is 4.98 Å². The molecule has 0 aliphatic heterocycles. The maximum Gasteiger partial charge on any atom is 0.0919 e. The second-order valence-corrected chi connectivity index (χ2v) is 14.1. The molecule has 1 aromatic rings. The van der Waals surface area contributed by atoms with Crippen molar-refractivity contribution in [3.05, 3.63) is 18.7 Å². The van der Waals surface area contributed by atoms with Gasteiger partial charge in [-0.1, -0.05) is 0 Å². The Bertz CT molecular complexity index is 393. The number of unbranched alkanes of at least 4 members (excludes halogenated alkanes) is 8. The van der Waals surface area contributed by atoms with Crippen LogP contribution >= 0.6 is 7.26 Å². The second-order valence-electron chi connectivity index (χ2n) is 9.11. The number of nitrogens with two attached hydrogens (primary N) is 2. The normalized spacial score (nSPS) is 14.1. The summed E-state index contributed by atoms with van der Waals surface area (Å²) < 4.78 is 0. The van der Waals surface area contributed by atoms with E-state index in [-0.39, 0.29) is 0 Å². The van der Waals surface area contributed by atoms with Crippen LogP contribution in [0.25, 0.3) is 0 Å². The summed E-state index contributed by atoms with van der Waals surface area (Å²) in [6.45, 7) is 9.18. The zero-order chi connectivity index (χ0) is 22.5. The molecule has 0 saturated heterocycles. The summed E-state index contributed by atoms with van der Waals surface area (Å²) in [4.78, 5) is 6.42. The number of nitrogens with one attached hydrogen (secondary N) is 1. The third kappa shape index (κ3) is 13.1. The van der Waals surface area contributed by atoms with E-state index in [1.807, 2.05) is 0 Å². The molecule has 2 atom stereocenters. The van der Waals surface area contributed by atoms with Gasteiger partial charge >= 0.3 is 160 Å². The van der Waals surface area contributed by atoms with Crippen molar-refractivity contribution in [1.82, 2.24) is 9.97 Å². The molecule has 0 radical (unpaired) electrons. The summed E-state index contributed by atoms with van der Waals surface area (Å²) in [5, 5.41) is 0. The number of imidazole rings is 1. The number of rotatable bonds is 18. The van der Waals surface area contributed by atoms with Gasteiger partial charge in [0.1, 0.15) is 0 Å². The zero-order valence-electron chi connectivity index (χ0n) is 20.8. The van der Waals surface area contributed by atoms with Crippen LogP contribution in [0.1, 0.15) is 118 Å². The fourth-order valence-electron chi connectivity index (χ4n) is 4.54. The van der Waals surface area contributed by atoms with Crippen molar-refractivity contribution < 1.29 is 0 Å². The third-order valence-corrected chi connectivity index (χ3v) is 12.7. The molecule has 0 saturated carbocycles. The number of aromatic amines is 1. The molecule has 180 valence electrons. The summed E-state index contributed by atoms with van der Waals surface area (Å²) in [7, 11) is -1.62. The Balaban J connectivity index is 0.00000145. The average Bonchev–Trinajstić information content (AvgIpc) is 3.35. The first kappa shape index (κ1) is 29.6. The molecule has 1 heterocycles. The van der Waals surface area contributed by atoms with E-state index in [0.29, 0.717) is 11.6 Å². The Morgan fingerprint density at radius 2 is 1.17 bits per heavy atom. The quantitative estimate of drug-likeness (QED) is 0.165. The number of H-pyrrole nitrogens is 1. The van der Waals surface area contributed by atoms with Gasteiger partial charge in [0.05, 0.1) is 6.33 Å². The Morgan fingerprint density at radius 3 is 1.47 bits per heavy atom. The predicted octanol–water partition coefficient (Wildman–Crippen LogP) is 7.26. The van der Waals surface area contributed by atoms with E-state index < -0.39 is 7.26 Å². The molecule has 5 heteroatoms. The first-order valence-electron chi connectivity index (χ1n) is 13.0. The number of hydrogen-bond donors (Lipinski definition) is 3. The minimum Gasteiger partial charge on any atom is -0.351 e. The summed E-state index contributed by atoms with van der Waals surface area (Å²) in [5.41, 5.74) is 13.8. The maximum absolute atomic E-state index is 6.92. The molecule has 2 unspecified atom stereocenters. The maximum atomic E-state index is 6.92. The summed E-state index contributed by atoms with van der Waals surface area (Å²) in [6, 6.07) is 0. The minimum atomic E-state index is -1.62. The first-order chi connectivity index (χ1) is 14.6. The average molecular weight is 443 g/mol. The number of nitrogens with zero attached hydrogens (tertiary/aromatic N) is 1. The molecule has 0 spiro atoms. The second kappa shape index (κ2) is 20.5. The van der Waals surface area contributed by atoms with Crippen LogP contribution in [0.3, 0.4) is 0 Å². The Morgan fingerprint density at radius 1 is 0.700 bits per heavy atom. The van der Waals surface area contributed by atoms with Gasteiger partial charge in [0.15, 0.2) is 0 Å². The molecule has 0 amide bonds. The van der Waals surface area contributed by atoms with Crippen molar-refractivity contribution in [2.45, 2.75) is 129 Å². The summed E-state index contributed by atoms with van der Waals surface area (Å²) in [6.07, 6.45) is 26.2. The molecule has 0 fully saturated rings. The first-order valence-corrected chi connectivity index (χ1v) is 15.6. The van der Waals surface area contributed by atoms with Gasteiger partial charge in [-0.2, -0.15) is 0 Å². The number of aromatic nitrogens is 2. The Kier molecular flexibility index (Phi) is 20.2. The van der Waals surface area contributed by atoms with Crippen molar-refractivity contribution in [2.24, 2.45) is 11.5 Å². The largest absolute Gasteiger partial charge is 0.351 e. The van der Waals surface area contributed by atoms with Crippen LogP contribution in [-0.4, -0.2) is 33.9 Å². The van der Waals surface area contributed by atoms with Crippen LogP contribution in [-0.2, 0) is 0 Å². The monoisotopic (exact) mass is 442 g/mol. The van der Waals surface area contributed by atoms with Gasteiger partial charge in [-0.3, -0.25) is 0 Å². The van der Waals surface area contributed by atoms with Gasteiger partial charge in [-0.05, 0) is 0 Å². The SMILES string of the molecule is CCCCCC[PH](CCCCCC)(C(N)CCCC)C(N)CCCC.c1c[nH]cn1. The van der Waals surface area contributed by atoms with Gasteiger partial charge in [0.25, 0.3) is 0 Å². The van der Waals surface area contributed by atoms with E-state index in [4.69, 9.17) is 11.5 Å². The smallest absolute Gasteiger partial charge is 0.0919 e. The van der Waals surface area contributed by atoms with Gasteiger partial charge in [0.2, 0.25) is 0 Å². The summed E-state index contributed by atoms with van der Waals surface area (Å²) >= 11 is 0. The van der Waals surface area contributed by atoms with E-state index in [1.54, 1.807) is 18.7 Å². The third-order valence-electron chi connectivity index (χ3n) is 6.61. The van der Waals surface area contributed by atoms with Gasteiger partial charge in [-0.15, -0.1) is 0 Å². The molecule has 0 aliphatic carbocycles. The molecule has 1 aromatic heterocycles. The minimum absolute atomic E-state index is 0.419. The molecule has 5 N–H and O–H groups in total. The van der Waals surface area contributed by atoms with Crippen molar-refractivity contribution in [3.8, 4) is 0 Å². The summed E-state index contributed by atoms with van der Waals surface area (Å²) in [5.74, 6) is 0.838. The van der Waals surface area contributed by atoms with E-state index in [1.165, 1.54) is 102 Å². The van der Waals surface area contributed by atoms with E-state index >= 15 is 0 Å². The Hall–Kier alpha value is -0.440. The molecule has 0 aliphatic rings. The van der Waals surface area contributed by atoms with Crippen LogP contribution in [0.4, 0.5) is 0 Å². The van der Waals surface area contributed by atoms with Crippen molar-refractivity contribution in [3.63, 3.8) is 0 Å². The van der Waals surface area contributed by atoms with Gasteiger partial charge in [0, 0.05) is 12.4 Å². The molecule has 1 rings (SSSR count). The molecule has 0 aromatic carbocycles. The van der Waals surface area contributed by atoms with Crippen molar-refractivity contribution >= 4 is 7.26 Å². The molecule has 30 heavy (non-hydrogen) atoms.